The van der Waals surface area contributed by atoms with Crippen molar-refractivity contribution >= 4 is 0 Å². The van der Waals surface area contributed by atoms with Crippen molar-refractivity contribution in [3.05, 3.63) is 11.6 Å². The molecule has 4 aliphatic carbocycles. The molecule has 1 spiro atoms. The van der Waals surface area contributed by atoms with E-state index in [0.717, 1.165) is 50.2 Å². The van der Waals surface area contributed by atoms with Crippen LogP contribution in [-0.2, 0) is 9.47 Å². The fourth-order valence-corrected chi connectivity index (χ4v) is 7.32. The van der Waals surface area contributed by atoms with Gasteiger partial charge in [-0.15, -0.1) is 0 Å². The minimum absolute atomic E-state index is 0.0726. The summed E-state index contributed by atoms with van der Waals surface area (Å²) in [5, 5.41) is 10.6. The number of hydrogen-bond acceptors (Lipinski definition) is 3. The normalized spacial score (nSPS) is 52.5. The minimum atomic E-state index is -0.301. The van der Waals surface area contributed by atoms with Crippen molar-refractivity contribution in [3.63, 3.8) is 0 Å². The molecular weight excluding hydrogens is 300 g/mol. The van der Waals surface area contributed by atoms with Crippen LogP contribution in [0.2, 0.25) is 0 Å². The van der Waals surface area contributed by atoms with Gasteiger partial charge in [-0.25, -0.2) is 0 Å². The molecule has 1 aliphatic heterocycles. The molecule has 0 unspecified atom stereocenters. The van der Waals surface area contributed by atoms with Crippen LogP contribution in [0.15, 0.2) is 11.6 Å². The zero-order valence-electron chi connectivity index (χ0n) is 15.2. The Balaban J connectivity index is 1.46. The van der Waals surface area contributed by atoms with Gasteiger partial charge in [0.2, 0.25) is 0 Å². The first-order chi connectivity index (χ1) is 11.5. The van der Waals surface area contributed by atoms with Crippen molar-refractivity contribution in [2.75, 3.05) is 13.2 Å². The predicted octanol–water partition coefficient (Wildman–Crippen LogP) is 4.05. The van der Waals surface area contributed by atoms with E-state index in [2.05, 4.69) is 19.9 Å². The van der Waals surface area contributed by atoms with Crippen molar-refractivity contribution < 1.29 is 14.6 Å². The Morgan fingerprint density at radius 1 is 1.00 bits per heavy atom. The van der Waals surface area contributed by atoms with Crippen molar-refractivity contribution in [3.8, 4) is 0 Å². The van der Waals surface area contributed by atoms with Crippen LogP contribution in [-0.4, -0.2) is 30.2 Å². The largest absolute Gasteiger partial charge is 0.393 e. The summed E-state index contributed by atoms with van der Waals surface area (Å²) in [6.07, 6.45) is 11.7. The lowest BCUT2D eigenvalue weighted by atomic mass is 9.47. The second-order valence-corrected chi connectivity index (χ2v) is 9.68. The summed E-state index contributed by atoms with van der Waals surface area (Å²) >= 11 is 0. The van der Waals surface area contributed by atoms with Gasteiger partial charge in [-0.2, -0.15) is 0 Å². The molecule has 3 saturated carbocycles. The predicted molar refractivity (Wildman–Crippen MR) is 92.3 cm³/mol. The lowest BCUT2D eigenvalue weighted by Crippen LogP contribution is -2.52. The second kappa shape index (κ2) is 5.08. The van der Waals surface area contributed by atoms with Crippen molar-refractivity contribution in [2.45, 2.75) is 77.1 Å². The van der Waals surface area contributed by atoms with Gasteiger partial charge >= 0.3 is 0 Å². The lowest BCUT2D eigenvalue weighted by Gasteiger charge is -2.58. The third-order valence-electron chi connectivity index (χ3n) is 8.87. The quantitative estimate of drug-likeness (QED) is 0.680. The average molecular weight is 332 g/mol. The molecule has 1 heterocycles. The molecule has 1 N–H and O–H groups in total. The molecule has 4 fully saturated rings. The van der Waals surface area contributed by atoms with E-state index in [1.54, 1.807) is 5.57 Å². The average Bonchev–Trinajstić information content (AvgIpc) is 3.14. The molecule has 3 heteroatoms. The Morgan fingerprint density at radius 3 is 2.58 bits per heavy atom. The molecule has 1 saturated heterocycles. The minimum Gasteiger partial charge on any atom is -0.393 e. The topological polar surface area (TPSA) is 38.7 Å². The zero-order chi connectivity index (χ0) is 16.6. The van der Waals surface area contributed by atoms with Gasteiger partial charge in [0, 0.05) is 12.8 Å². The summed E-state index contributed by atoms with van der Waals surface area (Å²) in [4.78, 5) is 0. The van der Waals surface area contributed by atoms with Crippen LogP contribution < -0.4 is 0 Å². The molecule has 0 aromatic rings. The number of hydrogen-bond donors (Lipinski definition) is 1. The van der Waals surface area contributed by atoms with Crippen LogP contribution in [0.3, 0.4) is 0 Å². The molecule has 5 rings (SSSR count). The molecule has 24 heavy (non-hydrogen) atoms. The number of rotatable bonds is 0. The van der Waals surface area contributed by atoms with E-state index in [4.69, 9.17) is 9.47 Å². The van der Waals surface area contributed by atoms with Crippen LogP contribution in [0.1, 0.15) is 65.2 Å². The van der Waals surface area contributed by atoms with Crippen molar-refractivity contribution in [1.82, 2.24) is 0 Å². The van der Waals surface area contributed by atoms with Gasteiger partial charge in [0.25, 0.3) is 0 Å². The van der Waals surface area contributed by atoms with Gasteiger partial charge in [0.1, 0.15) is 0 Å². The maximum atomic E-state index is 10.6. The maximum absolute atomic E-state index is 10.6. The van der Waals surface area contributed by atoms with Crippen LogP contribution in [0, 0.1) is 28.6 Å². The molecular formula is C21H32O3. The third-order valence-corrected chi connectivity index (χ3v) is 8.87. The number of aliphatic hydroxyl groups is 1. The van der Waals surface area contributed by atoms with E-state index in [-0.39, 0.29) is 17.3 Å². The number of allylic oxidation sites excluding steroid dienone is 1. The zero-order valence-corrected chi connectivity index (χ0v) is 15.2. The fraction of sp³-hybridized carbons (Fsp3) is 0.905. The fourth-order valence-electron chi connectivity index (χ4n) is 7.32. The second-order valence-electron chi connectivity index (χ2n) is 9.68. The summed E-state index contributed by atoms with van der Waals surface area (Å²) in [5.41, 5.74) is 2.12. The standard InChI is InChI=1S/C21H32O3/c1-19-9-10-21(23-11-12-24-21)13-14(19)3-4-15-16-5-6-18(22)20(16,2)8-7-17(15)19/h3,15-18,22H,4-13H2,1-2H3/t15-,16-,17-,18+,19-,20-/m0/s1. The van der Waals surface area contributed by atoms with E-state index >= 15 is 0 Å². The Kier molecular flexibility index (Phi) is 3.35. The van der Waals surface area contributed by atoms with Gasteiger partial charge < -0.3 is 14.6 Å². The van der Waals surface area contributed by atoms with Crippen LogP contribution in [0.5, 0.6) is 0 Å². The summed E-state index contributed by atoms with van der Waals surface area (Å²) in [5.74, 6) is 1.98. The van der Waals surface area contributed by atoms with Gasteiger partial charge in [-0.1, -0.05) is 25.5 Å². The van der Waals surface area contributed by atoms with E-state index in [1.807, 2.05) is 0 Å². The smallest absolute Gasteiger partial charge is 0.172 e. The summed E-state index contributed by atoms with van der Waals surface area (Å²) in [6.45, 7) is 6.40. The van der Waals surface area contributed by atoms with Crippen LogP contribution in [0.25, 0.3) is 0 Å². The molecule has 0 aromatic carbocycles. The lowest BCUT2D eigenvalue weighted by molar-refractivity contribution is -0.185. The van der Waals surface area contributed by atoms with Crippen LogP contribution in [0.4, 0.5) is 0 Å². The highest BCUT2D eigenvalue weighted by atomic mass is 16.7. The first kappa shape index (κ1) is 15.8. The molecule has 0 aromatic heterocycles. The summed E-state index contributed by atoms with van der Waals surface area (Å²) < 4.78 is 12.0. The molecule has 0 amide bonds. The highest BCUT2D eigenvalue weighted by Crippen LogP contribution is 2.65. The van der Waals surface area contributed by atoms with Gasteiger partial charge in [0.15, 0.2) is 5.79 Å². The molecule has 0 bridgehead atoms. The number of aliphatic hydroxyl groups excluding tert-OH is 1. The molecule has 134 valence electrons. The molecule has 3 nitrogen and oxygen atoms in total. The van der Waals surface area contributed by atoms with E-state index in [1.165, 1.54) is 32.1 Å². The molecule has 5 aliphatic rings. The van der Waals surface area contributed by atoms with Crippen LogP contribution >= 0.6 is 0 Å². The van der Waals surface area contributed by atoms with Crippen molar-refractivity contribution in [1.29, 1.82) is 0 Å². The summed E-state index contributed by atoms with van der Waals surface area (Å²) in [6, 6.07) is 0. The highest BCUT2D eigenvalue weighted by molar-refractivity contribution is 5.26. The number of ether oxygens (including phenoxy) is 2. The SMILES string of the molecule is C[C@]12CC[C@H]3[C@@H](CC=C4CC5(CC[C@@]43C)OCCO5)[C@@H]1CC[C@H]2O. The van der Waals surface area contributed by atoms with Crippen molar-refractivity contribution in [2.24, 2.45) is 28.6 Å². The Hall–Kier alpha value is -0.380. The van der Waals surface area contributed by atoms with Gasteiger partial charge in [0.05, 0.1) is 19.3 Å². The highest BCUT2D eigenvalue weighted by Gasteiger charge is 2.60. The Morgan fingerprint density at radius 2 is 1.79 bits per heavy atom. The number of fused-ring (bicyclic) bond motifs is 5. The monoisotopic (exact) mass is 332 g/mol. The first-order valence-corrected chi connectivity index (χ1v) is 10.1. The van der Waals surface area contributed by atoms with Gasteiger partial charge in [-0.3, -0.25) is 0 Å². The van der Waals surface area contributed by atoms with E-state index < -0.39 is 0 Å². The molecule has 6 atom stereocenters. The van der Waals surface area contributed by atoms with E-state index in [0.29, 0.717) is 5.41 Å². The Labute approximate surface area is 145 Å². The first-order valence-electron chi connectivity index (χ1n) is 10.1. The summed E-state index contributed by atoms with van der Waals surface area (Å²) in [7, 11) is 0. The Bertz CT molecular complexity index is 563. The molecule has 0 radical (unpaired) electrons. The van der Waals surface area contributed by atoms with Gasteiger partial charge in [-0.05, 0) is 67.1 Å². The maximum Gasteiger partial charge on any atom is 0.172 e. The van der Waals surface area contributed by atoms with E-state index in [9.17, 15) is 5.11 Å². The third kappa shape index (κ3) is 1.95.